The number of thiophene rings is 1. The van der Waals surface area contributed by atoms with Crippen LogP contribution in [-0.4, -0.2) is 77.0 Å². The van der Waals surface area contributed by atoms with Crippen molar-refractivity contribution in [1.29, 1.82) is 0 Å². The molecule has 1 amide bonds. The monoisotopic (exact) mass is 351 g/mol. The van der Waals surface area contributed by atoms with Crippen molar-refractivity contribution in [3.63, 3.8) is 0 Å². The highest BCUT2D eigenvalue weighted by atomic mass is 32.1. The summed E-state index contributed by atoms with van der Waals surface area (Å²) in [4.78, 5) is 29.6. The Morgan fingerprint density at radius 2 is 2.17 bits per heavy atom. The van der Waals surface area contributed by atoms with E-state index in [-0.39, 0.29) is 18.0 Å². The smallest absolute Gasteiger partial charge is 0.323 e. The maximum Gasteiger partial charge on any atom is 0.323 e. The van der Waals surface area contributed by atoms with Crippen molar-refractivity contribution in [3.8, 4) is 0 Å². The van der Waals surface area contributed by atoms with Crippen LogP contribution in [-0.2, 0) is 16.1 Å². The molecular formula is C17H25N3O3S. The molecule has 1 N–H and O–H groups in total. The van der Waals surface area contributed by atoms with Crippen LogP contribution in [0, 0.1) is 0 Å². The Kier molecular flexibility index (Phi) is 5.22. The van der Waals surface area contributed by atoms with Gasteiger partial charge < -0.3 is 10.0 Å². The summed E-state index contributed by atoms with van der Waals surface area (Å²) < 4.78 is 0. The standard InChI is InChI=1S/C17H25N3O3S/c1-18-7-8-19(10-14-3-9-24-12-14)13-17(18)4-2-15(21)20(6-5-17)11-16(22)23/h3,9,12H,2,4-8,10-11,13H2,1H3,(H,22,23)/t17-/m0/s1. The van der Waals surface area contributed by atoms with Crippen molar-refractivity contribution in [3.05, 3.63) is 22.4 Å². The van der Waals surface area contributed by atoms with Crippen molar-refractivity contribution in [2.24, 2.45) is 0 Å². The average molecular weight is 351 g/mol. The predicted molar refractivity (Wildman–Crippen MR) is 93.0 cm³/mol. The lowest BCUT2D eigenvalue weighted by Crippen LogP contribution is -2.60. The minimum absolute atomic E-state index is 0.0300. The van der Waals surface area contributed by atoms with Gasteiger partial charge in [0.1, 0.15) is 6.54 Å². The van der Waals surface area contributed by atoms with Gasteiger partial charge >= 0.3 is 5.97 Å². The van der Waals surface area contributed by atoms with Crippen LogP contribution in [0.15, 0.2) is 16.8 Å². The van der Waals surface area contributed by atoms with E-state index in [0.29, 0.717) is 13.0 Å². The maximum atomic E-state index is 12.3. The van der Waals surface area contributed by atoms with E-state index >= 15 is 0 Å². The zero-order valence-electron chi connectivity index (χ0n) is 14.1. The number of carboxylic acids is 1. The molecule has 2 fully saturated rings. The van der Waals surface area contributed by atoms with E-state index in [2.05, 4.69) is 33.7 Å². The Morgan fingerprint density at radius 3 is 2.88 bits per heavy atom. The molecule has 3 heterocycles. The highest BCUT2D eigenvalue weighted by Gasteiger charge is 2.42. The summed E-state index contributed by atoms with van der Waals surface area (Å²) in [6.45, 7) is 4.25. The van der Waals surface area contributed by atoms with E-state index in [9.17, 15) is 9.59 Å². The molecule has 0 radical (unpaired) electrons. The number of aliphatic carboxylic acids is 1. The Labute approximate surface area is 146 Å². The largest absolute Gasteiger partial charge is 0.480 e. The lowest BCUT2D eigenvalue weighted by molar-refractivity contribution is -0.144. The zero-order valence-corrected chi connectivity index (χ0v) is 14.9. The summed E-state index contributed by atoms with van der Waals surface area (Å²) in [5, 5.41) is 13.3. The number of hydrogen-bond acceptors (Lipinski definition) is 5. The van der Waals surface area contributed by atoms with Crippen LogP contribution >= 0.6 is 11.3 Å². The first-order valence-corrected chi connectivity index (χ1v) is 9.37. The fourth-order valence-corrected chi connectivity index (χ4v) is 4.54. The lowest BCUT2D eigenvalue weighted by atomic mass is 9.86. The molecule has 2 aliphatic heterocycles. The quantitative estimate of drug-likeness (QED) is 0.887. The number of piperazine rings is 1. The molecule has 1 aromatic rings. The molecule has 1 spiro atoms. The summed E-state index contributed by atoms with van der Waals surface area (Å²) in [5.74, 6) is -0.965. The van der Waals surface area contributed by atoms with Gasteiger partial charge in [-0.1, -0.05) is 0 Å². The van der Waals surface area contributed by atoms with E-state index in [4.69, 9.17) is 5.11 Å². The Balaban J connectivity index is 1.69. The number of hydrogen-bond donors (Lipinski definition) is 1. The number of amides is 1. The highest BCUT2D eigenvalue weighted by Crippen LogP contribution is 2.32. The lowest BCUT2D eigenvalue weighted by Gasteiger charge is -2.49. The van der Waals surface area contributed by atoms with Crippen molar-refractivity contribution in [1.82, 2.24) is 14.7 Å². The minimum Gasteiger partial charge on any atom is -0.480 e. The molecule has 0 aromatic carbocycles. The molecular weight excluding hydrogens is 326 g/mol. The second kappa shape index (κ2) is 7.21. The van der Waals surface area contributed by atoms with Crippen LogP contribution in [0.1, 0.15) is 24.8 Å². The van der Waals surface area contributed by atoms with Crippen LogP contribution in [0.25, 0.3) is 0 Å². The van der Waals surface area contributed by atoms with Crippen molar-refractivity contribution >= 4 is 23.2 Å². The number of carboxylic acid groups (broad SMARTS) is 1. The molecule has 1 atom stereocenters. The third-order valence-electron chi connectivity index (χ3n) is 5.40. The summed E-state index contributed by atoms with van der Waals surface area (Å²) >= 11 is 1.72. The van der Waals surface area contributed by atoms with Crippen molar-refractivity contribution in [2.75, 3.05) is 39.8 Å². The second-order valence-corrected chi connectivity index (χ2v) is 7.73. The van der Waals surface area contributed by atoms with Crippen molar-refractivity contribution < 1.29 is 14.7 Å². The molecule has 7 heteroatoms. The van der Waals surface area contributed by atoms with E-state index in [1.54, 1.807) is 11.3 Å². The predicted octanol–water partition coefficient (Wildman–Crippen LogP) is 1.33. The minimum atomic E-state index is -0.935. The number of likely N-dealkylation sites (N-methyl/N-ethyl adjacent to an activating group) is 1. The topological polar surface area (TPSA) is 64.1 Å². The summed E-state index contributed by atoms with van der Waals surface area (Å²) in [7, 11) is 2.14. The fraction of sp³-hybridized carbons (Fsp3) is 0.647. The van der Waals surface area contributed by atoms with Gasteiger partial charge in [-0.3, -0.25) is 19.4 Å². The van der Waals surface area contributed by atoms with E-state index < -0.39 is 5.97 Å². The molecule has 132 valence electrons. The average Bonchev–Trinajstić information content (AvgIpc) is 3.00. The van der Waals surface area contributed by atoms with Gasteiger partial charge in [-0.2, -0.15) is 11.3 Å². The third-order valence-corrected chi connectivity index (χ3v) is 6.13. The van der Waals surface area contributed by atoms with Gasteiger partial charge in [-0.15, -0.1) is 0 Å². The second-order valence-electron chi connectivity index (χ2n) is 6.95. The van der Waals surface area contributed by atoms with Crippen molar-refractivity contribution in [2.45, 2.75) is 31.3 Å². The summed E-state index contributed by atoms with van der Waals surface area (Å²) in [6.07, 6.45) is 2.07. The zero-order chi connectivity index (χ0) is 17.2. The van der Waals surface area contributed by atoms with Gasteiger partial charge in [-0.05, 0) is 42.3 Å². The van der Waals surface area contributed by atoms with Gasteiger partial charge in [0.15, 0.2) is 0 Å². The normalized spacial score (nSPS) is 26.7. The number of nitrogens with zero attached hydrogens (tertiary/aromatic N) is 3. The number of carbonyl (C=O) groups excluding carboxylic acids is 1. The molecule has 1 aromatic heterocycles. The Bertz CT molecular complexity index is 592. The van der Waals surface area contributed by atoms with Gasteiger partial charge in [0.25, 0.3) is 0 Å². The highest BCUT2D eigenvalue weighted by molar-refractivity contribution is 7.07. The van der Waals surface area contributed by atoms with Crippen LogP contribution in [0.3, 0.4) is 0 Å². The van der Waals surface area contributed by atoms with Crippen LogP contribution in [0.4, 0.5) is 0 Å². The summed E-state index contributed by atoms with van der Waals surface area (Å²) in [5.41, 5.74) is 1.31. The van der Waals surface area contributed by atoms with Gasteiger partial charge in [-0.25, -0.2) is 0 Å². The number of likely N-dealkylation sites (tertiary alicyclic amines) is 1. The molecule has 0 bridgehead atoms. The van der Waals surface area contributed by atoms with E-state index in [1.165, 1.54) is 10.5 Å². The Hall–Kier alpha value is -1.44. The van der Waals surface area contributed by atoms with Gasteiger partial charge in [0.2, 0.25) is 5.91 Å². The molecule has 3 rings (SSSR count). The molecule has 6 nitrogen and oxygen atoms in total. The van der Waals surface area contributed by atoms with E-state index in [1.807, 2.05) is 0 Å². The maximum absolute atomic E-state index is 12.3. The van der Waals surface area contributed by atoms with Crippen LogP contribution in [0.2, 0.25) is 0 Å². The fourth-order valence-electron chi connectivity index (χ4n) is 3.88. The molecule has 0 unspecified atom stereocenters. The number of rotatable bonds is 4. The van der Waals surface area contributed by atoms with Gasteiger partial charge in [0.05, 0.1) is 0 Å². The van der Waals surface area contributed by atoms with Crippen LogP contribution in [0.5, 0.6) is 0 Å². The summed E-state index contributed by atoms with van der Waals surface area (Å²) in [6, 6.07) is 2.17. The first-order valence-electron chi connectivity index (χ1n) is 8.43. The molecule has 2 aliphatic rings. The molecule has 2 saturated heterocycles. The first-order chi connectivity index (χ1) is 11.5. The SMILES string of the molecule is CN1CCN(Cc2ccsc2)C[C@@]12CCC(=O)N(CC(=O)O)CC2. The third kappa shape index (κ3) is 3.79. The first kappa shape index (κ1) is 17.4. The Morgan fingerprint density at radius 1 is 1.33 bits per heavy atom. The molecule has 0 aliphatic carbocycles. The van der Waals surface area contributed by atoms with Crippen LogP contribution < -0.4 is 0 Å². The number of carbonyl (C=O) groups is 2. The molecule has 24 heavy (non-hydrogen) atoms. The van der Waals surface area contributed by atoms with E-state index in [0.717, 1.165) is 39.0 Å². The van der Waals surface area contributed by atoms with Gasteiger partial charge in [0, 0.05) is 44.7 Å². The molecule has 0 saturated carbocycles.